The molecule has 0 aromatic heterocycles. The Labute approximate surface area is 99.4 Å². The minimum Gasteiger partial charge on any atom is -0.383 e. The monoisotopic (exact) mass is 236 g/mol. The van der Waals surface area contributed by atoms with Crippen molar-refractivity contribution in [2.75, 3.05) is 17.2 Å². The highest BCUT2D eigenvalue weighted by Gasteiger charge is 2.08. The summed E-state index contributed by atoms with van der Waals surface area (Å²) in [6.45, 7) is 1.68. The lowest BCUT2D eigenvalue weighted by Crippen LogP contribution is -2.41. The van der Waals surface area contributed by atoms with E-state index in [1.807, 2.05) is 0 Å². The first-order valence-electron chi connectivity index (χ1n) is 5.15. The number of amides is 2. The molecule has 92 valence electrons. The largest absolute Gasteiger partial charge is 0.383 e. The van der Waals surface area contributed by atoms with Crippen LogP contribution in [0.1, 0.15) is 6.92 Å². The quantitative estimate of drug-likeness (QED) is 0.570. The van der Waals surface area contributed by atoms with E-state index in [0.717, 1.165) is 5.69 Å². The third-order valence-corrected chi connectivity index (χ3v) is 2.07. The van der Waals surface area contributed by atoms with Gasteiger partial charge in [0.15, 0.2) is 0 Å². The second-order valence-corrected chi connectivity index (χ2v) is 3.65. The Morgan fingerprint density at radius 2 is 2.00 bits per heavy atom. The molecule has 2 amide bonds. The first kappa shape index (κ1) is 13.0. The lowest BCUT2D eigenvalue weighted by Gasteiger charge is -2.11. The van der Waals surface area contributed by atoms with Crippen molar-refractivity contribution in [3.8, 4) is 0 Å². The van der Waals surface area contributed by atoms with Crippen LogP contribution < -0.4 is 22.1 Å². The zero-order valence-electron chi connectivity index (χ0n) is 9.57. The fourth-order valence-corrected chi connectivity index (χ4v) is 1.24. The van der Waals surface area contributed by atoms with Gasteiger partial charge in [-0.1, -0.05) is 6.07 Å². The zero-order valence-corrected chi connectivity index (χ0v) is 9.57. The molecule has 1 rings (SSSR count). The van der Waals surface area contributed by atoms with Crippen molar-refractivity contribution >= 4 is 23.2 Å². The molecule has 0 saturated heterocycles. The van der Waals surface area contributed by atoms with Crippen molar-refractivity contribution in [2.45, 2.75) is 13.0 Å². The van der Waals surface area contributed by atoms with Crippen molar-refractivity contribution in [3.05, 3.63) is 24.3 Å². The predicted molar refractivity (Wildman–Crippen MR) is 66.4 cm³/mol. The summed E-state index contributed by atoms with van der Waals surface area (Å²) in [6.07, 6.45) is 0. The molecule has 0 aliphatic heterocycles. The molecule has 1 aromatic rings. The second-order valence-electron chi connectivity index (χ2n) is 3.65. The Morgan fingerprint density at radius 3 is 2.59 bits per heavy atom. The number of hydrogen-bond acceptors (Lipinski definition) is 4. The number of rotatable bonds is 5. The fraction of sp³-hybridized carbons (Fsp3) is 0.273. The number of hydrogen-bond donors (Lipinski definition) is 4. The van der Waals surface area contributed by atoms with E-state index in [-0.39, 0.29) is 12.5 Å². The molecule has 0 aliphatic rings. The molecule has 6 nitrogen and oxygen atoms in total. The maximum Gasteiger partial charge on any atom is 0.236 e. The molecule has 1 atom stereocenters. The molecule has 0 heterocycles. The third-order valence-electron chi connectivity index (χ3n) is 2.07. The minimum atomic E-state index is -0.737. The average molecular weight is 236 g/mol. The molecular weight excluding hydrogens is 220 g/mol. The maximum atomic E-state index is 10.9. The van der Waals surface area contributed by atoms with Crippen LogP contribution in [0.15, 0.2) is 24.3 Å². The molecule has 0 spiro atoms. The highest BCUT2D eigenvalue weighted by Crippen LogP contribution is 2.14. The van der Waals surface area contributed by atoms with E-state index in [1.165, 1.54) is 6.92 Å². The van der Waals surface area contributed by atoms with Crippen LogP contribution in [0.3, 0.4) is 0 Å². The molecule has 6 N–H and O–H groups in total. The lowest BCUT2D eigenvalue weighted by molar-refractivity contribution is -0.119. The molecule has 6 heteroatoms. The first-order valence-corrected chi connectivity index (χ1v) is 5.15. The fourth-order valence-electron chi connectivity index (χ4n) is 1.24. The van der Waals surface area contributed by atoms with Gasteiger partial charge in [0.2, 0.25) is 11.8 Å². The van der Waals surface area contributed by atoms with Gasteiger partial charge >= 0.3 is 0 Å². The van der Waals surface area contributed by atoms with E-state index in [9.17, 15) is 9.59 Å². The van der Waals surface area contributed by atoms with Gasteiger partial charge in [0.1, 0.15) is 6.04 Å². The number of primary amides is 1. The van der Waals surface area contributed by atoms with Crippen molar-refractivity contribution in [2.24, 2.45) is 11.5 Å². The van der Waals surface area contributed by atoms with Gasteiger partial charge in [-0.25, -0.2) is 0 Å². The van der Waals surface area contributed by atoms with Crippen LogP contribution in [0.2, 0.25) is 0 Å². The van der Waals surface area contributed by atoms with E-state index in [2.05, 4.69) is 10.6 Å². The number of nitrogens with one attached hydrogen (secondary N) is 2. The molecule has 0 radical (unpaired) electrons. The number of carbonyl (C=O) groups excluding carboxylic acids is 2. The molecule has 0 aliphatic carbocycles. The summed E-state index contributed by atoms with van der Waals surface area (Å²) in [5.41, 5.74) is 11.9. The van der Waals surface area contributed by atoms with Crippen LogP contribution in [-0.2, 0) is 9.59 Å². The van der Waals surface area contributed by atoms with Gasteiger partial charge in [-0.3, -0.25) is 9.59 Å². The van der Waals surface area contributed by atoms with Crippen LogP contribution in [0, 0.1) is 0 Å². The summed E-state index contributed by atoms with van der Waals surface area (Å²) < 4.78 is 0. The smallest absolute Gasteiger partial charge is 0.236 e. The van der Waals surface area contributed by atoms with Crippen LogP contribution in [-0.4, -0.2) is 24.4 Å². The Hall–Kier alpha value is -2.08. The Balaban J connectivity index is 2.59. The van der Waals surface area contributed by atoms with E-state index in [4.69, 9.17) is 11.5 Å². The van der Waals surface area contributed by atoms with Gasteiger partial charge < -0.3 is 22.1 Å². The molecule has 1 aromatic carbocycles. The van der Waals surface area contributed by atoms with Crippen LogP contribution in [0.4, 0.5) is 11.4 Å². The van der Waals surface area contributed by atoms with Crippen molar-refractivity contribution in [3.63, 3.8) is 0 Å². The van der Waals surface area contributed by atoms with Gasteiger partial charge in [-0.2, -0.15) is 0 Å². The number of benzene rings is 1. The normalized spacial score (nSPS) is 11.6. The van der Waals surface area contributed by atoms with Crippen LogP contribution >= 0.6 is 0 Å². The SMILES string of the molecule is CC(=O)Nc1cccc(NCC(N)C(N)=O)c1. The molecule has 17 heavy (non-hydrogen) atoms. The van der Waals surface area contributed by atoms with Gasteiger partial charge in [0.05, 0.1) is 0 Å². The summed E-state index contributed by atoms with van der Waals surface area (Å²) in [7, 11) is 0. The van der Waals surface area contributed by atoms with Gasteiger partial charge in [-0.05, 0) is 18.2 Å². The molecule has 0 fully saturated rings. The van der Waals surface area contributed by atoms with E-state index >= 15 is 0 Å². The molecule has 0 bridgehead atoms. The predicted octanol–water partition coefficient (Wildman–Crippen LogP) is -0.131. The van der Waals surface area contributed by atoms with Crippen LogP contribution in [0.5, 0.6) is 0 Å². The maximum absolute atomic E-state index is 10.9. The number of carbonyl (C=O) groups is 2. The highest BCUT2D eigenvalue weighted by atomic mass is 16.1. The van der Waals surface area contributed by atoms with Gasteiger partial charge in [0.25, 0.3) is 0 Å². The topological polar surface area (TPSA) is 110 Å². The van der Waals surface area contributed by atoms with Crippen molar-refractivity contribution < 1.29 is 9.59 Å². The van der Waals surface area contributed by atoms with Crippen molar-refractivity contribution in [1.82, 2.24) is 0 Å². The molecular formula is C11H16N4O2. The Bertz CT molecular complexity index is 420. The number of nitrogens with two attached hydrogens (primary N) is 2. The van der Waals surface area contributed by atoms with Gasteiger partial charge in [0, 0.05) is 24.8 Å². The summed E-state index contributed by atoms with van der Waals surface area (Å²) in [6, 6.07) is 6.36. The van der Waals surface area contributed by atoms with E-state index in [0.29, 0.717) is 5.69 Å². The standard InChI is InChI=1S/C11H16N4O2/c1-7(16)15-9-4-2-3-8(5-9)14-6-10(12)11(13)17/h2-5,10,14H,6,12H2,1H3,(H2,13,17)(H,15,16). The highest BCUT2D eigenvalue weighted by molar-refractivity contribution is 5.89. The summed E-state index contributed by atoms with van der Waals surface area (Å²) in [4.78, 5) is 21.6. The van der Waals surface area contributed by atoms with Crippen molar-refractivity contribution in [1.29, 1.82) is 0 Å². The molecule has 1 unspecified atom stereocenters. The Morgan fingerprint density at radius 1 is 1.35 bits per heavy atom. The zero-order chi connectivity index (χ0) is 12.8. The van der Waals surface area contributed by atoms with E-state index < -0.39 is 11.9 Å². The third kappa shape index (κ3) is 4.52. The molecule has 0 saturated carbocycles. The summed E-state index contributed by atoms with van der Waals surface area (Å²) >= 11 is 0. The summed E-state index contributed by atoms with van der Waals surface area (Å²) in [5, 5.41) is 5.62. The van der Waals surface area contributed by atoms with E-state index in [1.54, 1.807) is 24.3 Å². The Kier molecular flexibility index (Phi) is 4.47. The minimum absolute atomic E-state index is 0.143. The summed E-state index contributed by atoms with van der Waals surface area (Å²) in [5.74, 6) is -0.702. The number of anilines is 2. The first-order chi connectivity index (χ1) is 7.99. The second kappa shape index (κ2) is 5.86. The van der Waals surface area contributed by atoms with Gasteiger partial charge in [-0.15, -0.1) is 0 Å². The van der Waals surface area contributed by atoms with Crippen LogP contribution in [0.25, 0.3) is 0 Å². The lowest BCUT2D eigenvalue weighted by atomic mass is 10.2. The average Bonchev–Trinajstić information content (AvgIpc) is 2.25.